The van der Waals surface area contributed by atoms with Crippen LogP contribution in [0, 0.1) is 6.92 Å². The van der Waals surface area contributed by atoms with Gasteiger partial charge in [0.1, 0.15) is 12.4 Å². The van der Waals surface area contributed by atoms with Crippen molar-refractivity contribution < 1.29 is 14.3 Å². The van der Waals surface area contributed by atoms with Crippen LogP contribution in [0.3, 0.4) is 0 Å². The van der Waals surface area contributed by atoms with Crippen LogP contribution in [0.5, 0.6) is 5.75 Å². The molecule has 0 aromatic heterocycles. The molecule has 4 rings (SSSR count). The molecule has 4 aromatic carbocycles. The fraction of sp³-hybridized carbons (Fsp3) is 0.0690. The first-order chi connectivity index (χ1) is 17.1. The van der Waals surface area contributed by atoms with Crippen LogP contribution in [0.4, 0.5) is 5.69 Å². The van der Waals surface area contributed by atoms with Crippen molar-refractivity contribution >= 4 is 23.7 Å². The molecule has 0 bridgehead atoms. The van der Waals surface area contributed by atoms with Gasteiger partial charge in [0, 0.05) is 22.4 Å². The maximum atomic E-state index is 12.5. The maximum absolute atomic E-state index is 12.5. The van der Waals surface area contributed by atoms with E-state index in [4.69, 9.17) is 4.74 Å². The molecule has 0 atom stereocenters. The lowest BCUT2D eigenvalue weighted by Gasteiger charge is -2.09. The number of ether oxygens (including phenoxy) is 1. The van der Waals surface area contributed by atoms with Crippen LogP contribution < -0.4 is 15.5 Å². The lowest BCUT2D eigenvalue weighted by atomic mass is 10.1. The molecule has 6 heteroatoms. The van der Waals surface area contributed by atoms with Crippen molar-refractivity contribution in [2.24, 2.45) is 5.10 Å². The smallest absolute Gasteiger partial charge is 0.271 e. The lowest BCUT2D eigenvalue weighted by molar-refractivity contribution is 0.0954. The summed E-state index contributed by atoms with van der Waals surface area (Å²) in [6.07, 6.45) is 1.55. The molecule has 2 amide bonds. The van der Waals surface area contributed by atoms with Crippen LogP contribution in [0.1, 0.15) is 37.4 Å². The molecule has 0 radical (unpaired) electrons. The molecule has 174 valence electrons. The van der Waals surface area contributed by atoms with Crippen molar-refractivity contribution in [1.29, 1.82) is 0 Å². The van der Waals surface area contributed by atoms with Crippen molar-refractivity contribution in [2.45, 2.75) is 13.5 Å². The number of carbonyl (C=O) groups excluding carboxylic acids is 2. The number of rotatable bonds is 8. The van der Waals surface area contributed by atoms with E-state index in [0.29, 0.717) is 29.2 Å². The molecule has 2 N–H and O–H groups in total. The Morgan fingerprint density at radius 1 is 0.800 bits per heavy atom. The summed E-state index contributed by atoms with van der Waals surface area (Å²) in [6.45, 7) is 2.37. The van der Waals surface area contributed by atoms with Crippen molar-refractivity contribution in [1.82, 2.24) is 5.43 Å². The van der Waals surface area contributed by atoms with Gasteiger partial charge in [0.25, 0.3) is 11.8 Å². The molecular weight excluding hydrogens is 438 g/mol. The first kappa shape index (κ1) is 23.4. The number of carbonyl (C=O) groups is 2. The van der Waals surface area contributed by atoms with Crippen molar-refractivity contribution in [3.8, 4) is 5.75 Å². The van der Waals surface area contributed by atoms with Crippen molar-refractivity contribution in [3.63, 3.8) is 0 Å². The average Bonchev–Trinajstić information content (AvgIpc) is 2.89. The first-order valence-electron chi connectivity index (χ1n) is 11.2. The number of benzene rings is 4. The highest BCUT2D eigenvalue weighted by molar-refractivity contribution is 6.04. The van der Waals surface area contributed by atoms with E-state index in [1.807, 2.05) is 79.7 Å². The molecule has 0 heterocycles. The highest BCUT2D eigenvalue weighted by atomic mass is 16.5. The average molecular weight is 464 g/mol. The predicted octanol–water partition coefficient (Wildman–Crippen LogP) is 5.59. The van der Waals surface area contributed by atoms with E-state index in [0.717, 1.165) is 16.7 Å². The van der Waals surface area contributed by atoms with Crippen molar-refractivity contribution in [2.75, 3.05) is 5.32 Å². The Kier molecular flexibility index (Phi) is 7.66. The van der Waals surface area contributed by atoms with Gasteiger partial charge in [-0.2, -0.15) is 5.10 Å². The normalized spacial score (nSPS) is 10.7. The Balaban J connectivity index is 1.33. The Bertz CT molecular complexity index is 1330. The number of hydrogen-bond donors (Lipinski definition) is 2. The summed E-state index contributed by atoms with van der Waals surface area (Å²) < 4.78 is 5.91. The third kappa shape index (κ3) is 6.65. The van der Waals surface area contributed by atoms with E-state index in [2.05, 4.69) is 15.8 Å². The minimum Gasteiger partial charge on any atom is -0.488 e. The predicted molar refractivity (Wildman–Crippen MR) is 138 cm³/mol. The molecule has 6 nitrogen and oxygen atoms in total. The van der Waals surface area contributed by atoms with Crippen LogP contribution >= 0.6 is 0 Å². The molecule has 0 saturated heterocycles. The van der Waals surface area contributed by atoms with E-state index < -0.39 is 0 Å². The summed E-state index contributed by atoms with van der Waals surface area (Å²) in [5, 5.41) is 6.91. The zero-order valence-corrected chi connectivity index (χ0v) is 19.3. The standard InChI is InChI=1S/C29H25N3O3/c1-21-8-7-12-24(18-21)28(33)31-26-16-14-23(15-17-26)29(34)32-30-19-25-11-5-6-13-27(25)35-20-22-9-3-2-4-10-22/h2-19H,20H2,1H3,(H,31,33)(H,32,34). The largest absolute Gasteiger partial charge is 0.488 e. The number of para-hydroxylation sites is 1. The molecular formula is C29H25N3O3. The number of nitrogens with zero attached hydrogens (tertiary/aromatic N) is 1. The van der Waals surface area contributed by atoms with Gasteiger partial charge in [-0.25, -0.2) is 5.43 Å². The number of anilines is 1. The van der Waals surface area contributed by atoms with Crippen LogP contribution in [0.25, 0.3) is 0 Å². The monoisotopic (exact) mass is 463 g/mol. The van der Waals surface area contributed by atoms with Crippen molar-refractivity contribution in [3.05, 3.63) is 131 Å². The molecule has 0 aliphatic carbocycles. The summed E-state index contributed by atoms with van der Waals surface area (Å²) in [5.41, 5.74) is 6.94. The van der Waals surface area contributed by atoms with Crippen LogP contribution in [-0.2, 0) is 6.61 Å². The van der Waals surface area contributed by atoms with Crippen LogP contribution in [-0.4, -0.2) is 18.0 Å². The number of amides is 2. The van der Waals surface area contributed by atoms with E-state index >= 15 is 0 Å². The fourth-order valence-corrected chi connectivity index (χ4v) is 3.37. The SMILES string of the molecule is Cc1cccc(C(=O)Nc2ccc(C(=O)NN=Cc3ccccc3OCc3ccccc3)cc2)c1. The summed E-state index contributed by atoms with van der Waals surface area (Å²) in [5.74, 6) is 0.104. The number of nitrogens with one attached hydrogen (secondary N) is 2. The van der Waals surface area contributed by atoms with Gasteiger partial charge in [0.15, 0.2) is 0 Å². The summed E-state index contributed by atoms with van der Waals surface area (Å²) in [7, 11) is 0. The first-order valence-corrected chi connectivity index (χ1v) is 11.2. The Hall–Kier alpha value is -4.71. The second kappa shape index (κ2) is 11.4. The molecule has 0 aliphatic heterocycles. The topological polar surface area (TPSA) is 79.8 Å². The third-order valence-electron chi connectivity index (χ3n) is 5.21. The Morgan fingerprint density at radius 2 is 1.54 bits per heavy atom. The zero-order chi connectivity index (χ0) is 24.5. The van der Waals surface area contributed by atoms with Crippen LogP contribution in [0.2, 0.25) is 0 Å². The van der Waals surface area contributed by atoms with E-state index in [1.165, 1.54) is 0 Å². The molecule has 0 aliphatic rings. The highest BCUT2D eigenvalue weighted by Crippen LogP contribution is 2.18. The van der Waals surface area contributed by atoms with E-state index in [1.54, 1.807) is 36.5 Å². The van der Waals surface area contributed by atoms with Gasteiger partial charge in [0.2, 0.25) is 0 Å². The second-order valence-corrected chi connectivity index (χ2v) is 7.91. The van der Waals surface area contributed by atoms with Gasteiger partial charge in [-0.05, 0) is 61.0 Å². The van der Waals surface area contributed by atoms with Gasteiger partial charge in [-0.1, -0.05) is 60.2 Å². The van der Waals surface area contributed by atoms with Crippen LogP contribution in [0.15, 0.2) is 108 Å². The van der Waals surface area contributed by atoms with Gasteiger partial charge in [-0.3, -0.25) is 9.59 Å². The minimum absolute atomic E-state index is 0.205. The molecule has 35 heavy (non-hydrogen) atoms. The zero-order valence-electron chi connectivity index (χ0n) is 19.3. The summed E-state index contributed by atoms with van der Waals surface area (Å²) in [4.78, 5) is 24.9. The second-order valence-electron chi connectivity index (χ2n) is 7.91. The Labute approximate surface area is 204 Å². The Morgan fingerprint density at radius 3 is 2.31 bits per heavy atom. The molecule has 0 saturated carbocycles. The minimum atomic E-state index is -0.361. The summed E-state index contributed by atoms with van der Waals surface area (Å²) >= 11 is 0. The molecule has 0 fully saturated rings. The third-order valence-corrected chi connectivity index (χ3v) is 5.21. The maximum Gasteiger partial charge on any atom is 0.271 e. The molecule has 0 spiro atoms. The number of aryl methyl sites for hydroxylation is 1. The highest BCUT2D eigenvalue weighted by Gasteiger charge is 2.08. The number of hydrogen-bond acceptors (Lipinski definition) is 4. The van der Waals surface area contributed by atoms with Gasteiger partial charge >= 0.3 is 0 Å². The van der Waals surface area contributed by atoms with Gasteiger partial charge in [-0.15, -0.1) is 0 Å². The molecule has 4 aromatic rings. The molecule has 0 unspecified atom stereocenters. The van der Waals surface area contributed by atoms with Gasteiger partial charge in [0.05, 0.1) is 6.21 Å². The van der Waals surface area contributed by atoms with E-state index in [-0.39, 0.29) is 11.8 Å². The summed E-state index contributed by atoms with van der Waals surface area (Å²) in [6, 6.07) is 31.3. The number of hydrazone groups is 1. The van der Waals surface area contributed by atoms with E-state index in [9.17, 15) is 9.59 Å². The van der Waals surface area contributed by atoms with Gasteiger partial charge < -0.3 is 10.1 Å². The lowest BCUT2D eigenvalue weighted by Crippen LogP contribution is -2.18. The fourth-order valence-electron chi connectivity index (χ4n) is 3.37. The quantitative estimate of drug-likeness (QED) is 0.264.